The van der Waals surface area contributed by atoms with Gasteiger partial charge in [-0.15, -0.1) is 43.7 Å². The van der Waals surface area contributed by atoms with Gasteiger partial charge < -0.3 is 0 Å². The zero-order valence-corrected chi connectivity index (χ0v) is 17.1. The second-order valence-corrected chi connectivity index (χ2v) is 7.31. The van der Waals surface area contributed by atoms with Gasteiger partial charge in [-0.2, -0.15) is 5.57 Å². The number of hydrogen-bond acceptors (Lipinski definition) is 0. The molecule has 0 aliphatic heterocycles. The van der Waals surface area contributed by atoms with Crippen LogP contribution >= 0.6 is 24.8 Å². The maximum absolute atomic E-state index is 3.37. The molecule has 0 aromatic heterocycles. The quantitative estimate of drug-likeness (QED) is 0.482. The van der Waals surface area contributed by atoms with Crippen LogP contribution in [-0.4, -0.2) is 3.21 Å². The number of rotatable bonds is 1. The average molecular weight is 404 g/mol. The van der Waals surface area contributed by atoms with E-state index in [2.05, 4.69) is 38.2 Å². The summed E-state index contributed by atoms with van der Waals surface area (Å²) in [5.41, 5.74) is 5.75. The summed E-state index contributed by atoms with van der Waals surface area (Å²) >= 11 is 1.69. The predicted octanol–water partition coefficient (Wildman–Crippen LogP) is 5.86. The van der Waals surface area contributed by atoms with Gasteiger partial charge in [0.25, 0.3) is 0 Å². The Labute approximate surface area is 157 Å². The van der Waals surface area contributed by atoms with Crippen LogP contribution in [-0.2, 0) is 24.2 Å². The zero-order chi connectivity index (χ0) is 13.7. The van der Waals surface area contributed by atoms with Crippen LogP contribution in [0.4, 0.5) is 0 Å². The Hall–Kier alpha value is 0.293. The average Bonchev–Trinajstić information content (AvgIpc) is 3.03. The molecule has 0 radical (unpaired) electrons. The standard InChI is InChI=1S/C12H13.C6H10.2ClH.Zr/c1-9-7-8-12(10(9)2)11-5-3-4-6-11;1-2-4-6-5-3-1;;;/h3-5H,6,8H2,1-2H3;1-5H2;2*1H;/q-1;;;;. The monoisotopic (exact) mass is 401 g/mol. The van der Waals surface area contributed by atoms with E-state index in [9.17, 15) is 0 Å². The molecule has 3 aliphatic rings. The van der Waals surface area contributed by atoms with Gasteiger partial charge in [-0.1, -0.05) is 30.7 Å². The van der Waals surface area contributed by atoms with E-state index in [0.717, 1.165) is 12.8 Å². The molecule has 1 fully saturated rings. The van der Waals surface area contributed by atoms with Crippen LogP contribution in [0.5, 0.6) is 0 Å². The first-order valence-electron chi connectivity index (χ1n) is 7.38. The Morgan fingerprint density at radius 3 is 2.10 bits per heavy atom. The van der Waals surface area contributed by atoms with Crippen molar-refractivity contribution in [2.75, 3.05) is 0 Å². The molecule has 0 nitrogen and oxygen atoms in total. The molecule has 0 amide bonds. The first-order chi connectivity index (χ1) is 9.18. The van der Waals surface area contributed by atoms with E-state index in [1.165, 1.54) is 54.4 Å². The molecule has 3 aliphatic carbocycles. The van der Waals surface area contributed by atoms with E-state index in [1.807, 2.05) is 0 Å². The van der Waals surface area contributed by atoms with Crippen molar-refractivity contribution in [1.82, 2.24) is 0 Å². The first-order valence-corrected chi connectivity index (χ1v) is 8.61. The van der Waals surface area contributed by atoms with Crippen LogP contribution < -0.4 is 0 Å². The summed E-state index contributed by atoms with van der Waals surface area (Å²) in [7, 11) is 0. The number of halogens is 2. The molecule has 0 saturated heterocycles. The van der Waals surface area contributed by atoms with Crippen LogP contribution in [0, 0.1) is 6.08 Å². The molecule has 0 atom stereocenters. The molecule has 0 spiro atoms. The molecule has 21 heavy (non-hydrogen) atoms. The number of hydrogen-bond donors (Lipinski definition) is 0. The van der Waals surface area contributed by atoms with Gasteiger partial charge >= 0.3 is 59.5 Å². The Morgan fingerprint density at radius 1 is 1.05 bits per heavy atom. The summed E-state index contributed by atoms with van der Waals surface area (Å²) in [5, 5.41) is 0. The van der Waals surface area contributed by atoms with Gasteiger partial charge in [-0.25, -0.2) is 5.57 Å². The van der Waals surface area contributed by atoms with Gasteiger partial charge in [0, 0.05) is 0 Å². The van der Waals surface area contributed by atoms with E-state index >= 15 is 0 Å². The molecule has 0 aromatic carbocycles. The normalized spacial score (nSPS) is 20.0. The number of allylic oxidation sites excluding steroid dienone is 8. The second kappa shape index (κ2) is 10.9. The molecule has 1 saturated carbocycles. The van der Waals surface area contributed by atoms with Crippen LogP contribution in [0.3, 0.4) is 0 Å². The fourth-order valence-corrected chi connectivity index (χ4v) is 3.59. The molecule has 0 unspecified atom stereocenters. The minimum absolute atomic E-state index is 0. The van der Waals surface area contributed by atoms with Crippen molar-refractivity contribution >= 4 is 28.0 Å². The molecular weight excluding hydrogens is 378 g/mol. The molecule has 116 valence electrons. The summed E-state index contributed by atoms with van der Waals surface area (Å²) in [4.78, 5) is 0. The van der Waals surface area contributed by atoms with Crippen molar-refractivity contribution in [1.29, 1.82) is 0 Å². The van der Waals surface area contributed by atoms with Crippen molar-refractivity contribution in [3.8, 4) is 0 Å². The third-order valence-corrected chi connectivity index (χ3v) is 5.39. The summed E-state index contributed by atoms with van der Waals surface area (Å²) < 4.78 is 1.80. The van der Waals surface area contributed by atoms with Crippen LogP contribution in [0.15, 0.2) is 40.5 Å². The van der Waals surface area contributed by atoms with Crippen molar-refractivity contribution in [2.24, 2.45) is 0 Å². The van der Waals surface area contributed by atoms with E-state index < -0.39 is 0 Å². The summed E-state index contributed by atoms with van der Waals surface area (Å²) in [6.45, 7) is 4.34. The molecule has 0 aromatic rings. The summed E-state index contributed by atoms with van der Waals surface area (Å²) in [6.07, 6.45) is 19.4. The zero-order valence-electron chi connectivity index (χ0n) is 13.0. The van der Waals surface area contributed by atoms with Crippen LogP contribution in [0.2, 0.25) is 0 Å². The Balaban J connectivity index is 0.000000389. The van der Waals surface area contributed by atoms with Gasteiger partial charge in [0.05, 0.1) is 0 Å². The van der Waals surface area contributed by atoms with E-state index in [1.54, 1.807) is 27.4 Å². The van der Waals surface area contributed by atoms with Crippen molar-refractivity contribution < 1.29 is 24.2 Å². The predicted molar refractivity (Wildman–Crippen MR) is 94.2 cm³/mol. The van der Waals surface area contributed by atoms with E-state index in [0.29, 0.717) is 0 Å². The van der Waals surface area contributed by atoms with Gasteiger partial charge in [-0.05, 0) is 6.42 Å². The van der Waals surface area contributed by atoms with Crippen molar-refractivity contribution in [2.45, 2.75) is 58.8 Å². The van der Waals surface area contributed by atoms with Gasteiger partial charge in [0.1, 0.15) is 0 Å². The van der Waals surface area contributed by atoms with Crippen LogP contribution in [0.25, 0.3) is 0 Å². The minimum atomic E-state index is 0. The summed E-state index contributed by atoms with van der Waals surface area (Å²) in [5.74, 6) is 0. The fraction of sp³-hybridized carbons (Fsp3) is 0.500. The van der Waals surface area contributed by atoms with Crippen molar-refractivity contribution in [3.05, 3.63) is 46.6 Å². The Bertz CT molecular complexity index is 473. The first kappa shape index (κ1) is 21.3. The van der Waals surface area contributed by atoms with Gasteiger partial charge in [-0.3, -0.25) is 6.08 Å². The second-order valence-electron chi connectivity index (χ2n) is 5.57. The van der Waals surface area contributed by atoms with Crippen molar-refractivity contribution in [3.63, 3.8) is 0 Å². The van der Waals surface area contributed by atoms with E-state index in [-0.39, 0.29) is 24.8 Å². The Kier molecular flexibility index (Phi) is 11.1. The van der Waals surface area contributed by atoms with Gasteiger partial charge in [0.2, 0.25) is 0 Å². The third-order valence-electron chi connectivity index (χ3n) is 4.16. The Morgan fingerprint density at radius 2 is 1.71 bits per heavy atom. The molecular formula is C18H25Cl2Zr-. The molecule has 3 rings (SSSR count). The molecule has 0 N–H and O–H groups in total. The SMILES string of the molecule is CC1=[C-]CC(C2=CC=CC2)=C1C.Cl.Cl.[Zr]=[C]1CCCCC1. The fourth-order valence-electron chi connectivity index (χ4n) is 2.72. The van der Waals surface area contributed by atoms with Crippen LogP contribution in [0.1, 0.15) is 58.8 Å². The third kappa shape index (κ3) is 6.51. The van der Waals surface area contributed by atoms with E-state index in [4.69, 9.17) is 0 Å². The summed E-state index contributed by atoms with van der Waals surface area (Å²) in [6, 6.07) is 0. The molecule has 0 bridgehead atoms. The molecule has 0 heterocycles. The maximum atomic E-state index is 3.37. The molecule has 3 heteroatoms. The van der Waals surface area contributed by atoms with Gasteiger partial charge in [0.15, 0.2) is 0 Å². The topological polar surface area (TPSA) is 0 Å².